The van der Waals surface area contributed by atoms with Crippen LogP contribution in [-0.4, -0.2) is 83.7 Å². The number of anilines is 2. The molecule has 0 radical (unpaired) electrons. The van der Waals surface area contributed by atoms with Gasteiger partial charge in [-0.05, 0) is 116 Å². The molecule has 2 aliphatic heterocycles. The number of aromatic nitrogens is 3. The monoisotopic (exact) mass is 953 g/mol. The van der Waals surface area contributed by atoms with Crippen LogP contribution in [0.3, 0.4) is 0 Å². The number of hydrogen-bond donors (Lipinski definition) is 0. The third-order valence-corrected chi connectivity index (χ3v) is 11.9. The molecule has 2 atom stereocenters. The lowest BCUT2D eigenvalue weighted by Crippen LogP contribution is -2.57. The number of nitriles is 1. The van der Waals surface area contributed by atoms with Gasteiger partial charge in [0, 0.05) is 35.1 Å². The molecule has 17 heteroatoms. The predicted molar refractivity (Wildman–Crippen MR) is 229 cm³/mol. The van der Waals surface area contributed by atoms with Crippen molar-refractivity contribution in [3.05, 3.63) is 92.3 Å². The molecule has 0 aliphatic carbocycles. The molecule has 7 rings (SSSR count). The number of fused-ring (bicyclic) bond motifs is 3. The number of amides is 1. The zero-order valence-electron chi connectivity index (χ0n) is 34.4. The predicted octanol–water partition coefficient (Wildman–Crippen LogP) is 9.37. The number of halogens is 5. The molecule has 1 amide bonds. The Morgan fingerprint density at radius 3 is 2.00 bits per heavy atom. The van der Waals surface area contributed by atoms with Gasteiger partial charge in [-0.15, -0.1) is 0 Å². The fourth-order valence-corrected chi connectivity index (χ4v) is 8.29. The van der Waals surface area contributed by atoms with Gasteiger partial charge in [0.15, 0.2) is 12.4 Å². The van der Waals surface area contributed by atoms with Crippen LogP contribution in [-0.2, 0) is 17.8 Å². The third kappa shape index (κ3) is 9.64. The first-order valence-electron chi connectivity index (χ1n) is 19.5. The van der Waals surface area contributed by atoms with Crippen LogP contribution >= 0.6 is 22.6 Å². The van der Waals surface area contributed by atoms with Crippen LogP contribution < -0.4 is 24.0 Å². The second kappa shape index (κ2) is 17.4. The Morgan fingerprint density at radius 2 is 1.49 bits per heavy atom. The maximum Gasteiger partial charge on any atom is 0.422 e. The number of hydrogen-bond acceptors (Lipinski definition) is 11. The van der Waals surface area contributed by atoms with Crippen molar-refractivity contribution in [1.29, 1.82) is 5.26 Å². The molecule has 0 spiro atoms. The SMILES string of the molecule is COc1ccc(CN(Cc2ccc(OC)cc2)c2cc(C)c(I)c(-c3c(C#N)cc4c(N5C[C@H]6CC[C@@H](C5)N6C(=O)OC(C)(C)C)nc(OCC(F)(F)F)nc4c3F)n2)cc1. The summed E-state index contributed by atoms with van der Waals surface area (Å²) in [6, 6.07) is 19.4. The normalized spacial score (nSPS) is 16.4. The lowest BCUT2D eigenvalue weighted by Gasteiger charge is -2.42. The second-order valence-corrected chi connectivity index (χ2v) is 17.1. The van der Waals surface area contributed by atoms with E-state index < -0.39 is 36.3 Å². The van der Waals surface area contributed by atoms with Crippen molar-refractivity contribution < 1.29 is 41.3 Å². The van der Waals surface area contributed by atoms with Crippen molar-refractivity contribution in [2.75, 3.05) is 43.7 Å². The van der Waals surface area contributed by atoms with E-state index in [9.17, 15) is 23.2 Å². The first-order chi connectivity index (χ1) is 28.9. The number of piperazine rings is 1. The van der Waals surface area contributed by atoms with Crippen molar-refractivity contribution in [3.63, 3.8) is 0 Å². The summed E-state index contributed by atoms with van der Waals surface area (Å²) in [5, 5.41) is 10.8. The Balaban J connectivity index is 1.34. The minimum Gasteiger partial charge on any atom is -0.497 e. The summed E-state index contributed by atoms with van der Waals surface area (Å²) in [5.41, 5.74) is 1.48. The molecule has 2 saturated heterocycles. The minimum atomic E-state index is -4.73. The number of ether oxygens (including phenoxy) is 4. The quantitative estimate of drug-likeness (QED) is 0.0929. The number of alkyl halides is 3. The Bertz CT molecular complexity index is 2410. The molecule has 2 aromatic heterocycles. The summed E-state index contributed by atoms with van der Waals surface area (Å²) < 4.78 is 79.9. The summed E-state index contributed by atoms with van der Waals surface area (Å²) in [6.07, 6.45) is -3.89. The molecule has 2 aliphatic rings. The van der Waals surface area contributed by atoms with E-state index in [1.54, 1.807) is 44.8 Å². The van der Waals surface area contributed by atoms with Crippen molar-refractivity contribution in [2.24, 2.45) is 0 Å². The molecule has 61 heavy (non-hydrogen) atoms. The maximum atomic E-state index is 17.5. The topological polar surface area (TPSA) is 126 Å². The van der Waals surface area contributed by atoms with Crippen LogP contribution in [0.1, 0.15) is 55.9 Å². The zero-order chi connectivity index (χ0) is 43.8. The molecule has 3 aromatic carbocycles. The highest BCUT2D eigenvalue weighted by molar-refractivity contribution is 14.1. The van der Waals surface area contributed by atoms with Crippen LogP contribution in [0.5, 0.6) is 17.5 Å². The highest BCUT2D eigenvalue weighted by Crippen LogP contribution is 2.41. The van der Waals surface area contributed by atoms with Crippen molar-refractivity contribution in [3.8, 4) is 34.8 Å². The first kappa shape index (κ1) is 43.4. The third-order valence-electron chi connectivity index (χ3n) is 10.5. The van der Waals surface area contributed by atoms with E-state index in [1.807, 2.05) is 66.4 Å². The van der Waals surface area contributed by atoms with Crippen molar-refractivity contribution >= 4 is 51.2 Å². The molecular weight excluding hydrogens is 909 g/mol. The zero-order valence-corrected chi connectivity index (χ0v) is 36.6. The standard InChI is InChI=1S/C44H44F4IN7O5/c1-25-17-34(54(20-26-7-13-31(58-5)14-8-26)21-27-9-15-32(59-6)16-10-27)51-39(37(25)49)35-28(19-50)18-33-38(36(35)45)52-41(60-24-44(46,47)48)53-40(33)55-22-29-11-12-30(23-55)56(29)42(57)61-43(2,3)4/h7-10,13-18,29-30H,11-12,20-24H2,1-6H3/t29-,30+. The summed E-state index contributed by atoms with van der Waals surface area (Å²) in [7, 11) is 3.18. The van der Waals surface area contributed by atoms with E-state index in [-0.39, 0.29) is 58.7 Å². The Hall–Kier alpha value is -5.64. The highest BCUT2D eigenvalue weighted by Gasteiger charge is 2.45. The van der Waals surface area contributed by atoms with Crippen molar-refractivity contribution in [2.45, 2.75) is 77.5 Å². The van der Waals surface area contributed by atoms with Crippen LogP contribution in [0.15, 0.2) is 60.7 Å². The number of carbonyl (C=O) groups excluding carboxylic acids is 1. The molecule has 2 fully saturated rings. The van der Waals surface area contributed by atoms with E-state index in [4.69, 9.17) is 23.9 Å². The van der Waals surface area contributed by atoms with E-state index in [2.05, 4.69) is 38.6 Å². The molecule has 320 valence electrons. The highest BCUT2D eigenvalue weighted by atomic mass is 127. The van der Waals surface area contributed by atoms with Gasteiger partial charge < -0.3 is 28.7 Å². The summed E-state index contributed by atoms with van der Waals surface area (Å²) in [4.78, 5) is 32.3. The van der Waals surface area contributed by atoms with E-state index in [1.165, 1.54) is 6.07 Å². The Labute approximate surface area is 364 Å². The van der Waals surface area contributed by atoms with Crippen LogP contribution in [0.25, 0.3) is 22.2 Å². The van der Waals surface area contributed by atoms with Crippen LogP contribution in [0.2, 0.25) is 0 Å². The van der Waals surface area contributed by atoms with E-state index in [0.29, 0.717) is 46.8 Å². The van der Waals surface area contributed by atoms with Gasteiger partial charge in [-0.3, -0.25) is 4.90 Å². The van der Waals surface area contributed by atoms with Gasteiger partial charge in [0.2, 0.25) is 0 Å². The fourth-order valence-electron chi connectivity index (χ4n) is 7.74. The molecular formula is C44H44F4IN7O5. The molecule has 12 nitrogen and oxygen atoms in total. The smallest absolute Gasteiger partial charge is 0.422 e. The van der Waals surface area contributed by atoms with Crippen LogP contribution in [0.4, 0.5) is 34.0 Å². The minimum absolute atomic E-state index is 0.0759. The lowest BCUT2D eigenvalue weighted by molar-refractivity contribution is -0.154. The first-order valence-corrected chi connectivity index (χ1v) is 20.6. The largest absolute Gasteiger partial charge is 0.497 e. The second-order valence-electron chi connectivity index (χ2n) is 16.0. The van der Waals surface area contributed by atoms with Gasteiger partial charge in [-0.1, -0.05) is 24.3 Å². The fraction of sp³-hybridized carbons (Fsp3) is 0.386. The van der Waals surface area contributed by atoms with Gasteiger partial charge in [-0.2, -0.15) is 28.4 Å². The number of rotatable bonds is 11. The van der Waals surface area contributed by atoms with Gasteiger partial charge in [0.25, 0.3) is 0 Å². The number of carbonyl (C=O) groups is 1. The summed E-state index contributed by atoms with van der Waals surface area (Å²) in [6.45, 7) is 6.74. The summed E-state index contributed by atoms with van der Waals surface area (Å²) in [5.74, 6) is 0.993. The lowest BCUT2D eigenvalue weighted by atomic mass is 9.99. The molecule has 4 heterocycles. The number of benzene rings is 3. The van der Waals surface area contributed by atoms with Gasteiger partial charge in [0.05, 0.1) is 49.2 Å². The average molecular weight is 954 g/mol. The number of methoxy groups -OCH3 is 2. The molecule has 5 aromatic rings. The van der Waals surface area contributed by atoms with Crippen molar-refractivity contribution in [1.82, 2.24) is 19.9 Å². The number of nitrogens with zero attached hydrogens (tertiary/aromatic N) is 7. The van der Waals surface area contributed by atoms with Gasteiger partial charge >= 0.3 is 18.3 Å². The number of aryl methyl sites for hydroxylation is 1. The average Bonchev–Trinajstić information content (AvgIpc) is 3.49. The molecule has 2 bridgehead atoms. The van der Waals surface area contributed by atoms with Gasteiger partial charge in [0.1, 0.15) is 34.3 Å². The maximum absolute atomic E-state index is 17.5. The van der Waals surface area contributed by atoms with Crippen LogP contribution in [0, 0.1) is 27.6 Å². The number of pyridine rings is 1. The summed E-state index contributed by atoms with van der Waals surface area (Å²) >= 11 is 2.06. The Morgan fingerprint density at radius 1 is 0.918 bits per heavy atom. The van der Waals surface area contributed by atoms with E-state index in [0.717, 1.165) is 16.7 Å². The van der Waals surface area contributed by atoms with E-state index >= 15 is 4.39 Å². The molecule has 0 saturated carbocycles. The molecule has 0 unspecified atom stereocenters. The Kier molecular flexibility index (Phi) is 12.4. The molecule has 0 N–H and O–H groups in total. The van der Waals surface area contributed by atoms with Gasteiger partial charge in [-0.25, -0.2) is 14.2 Å².